The van der Waals surface area contributed by atoms with Crippen molar-refractivity contribution in [3.05, 3.63) is 21.9 Å². The van der Waals surface area contributed by atoms with Crippen LogP contribution in [0.15, 0.2) is 11.4 Å². The SMILES string of the molecule is CC(C)N1C(=O)C(=O)N(C[NH+]2CCc3sccc3[C@@H]2C2CC2)C1=O. The number of hydrogen-bond donors (Lipinski definition) is 1. The van der Waals surface area contributed by atoms with Gasteiger partial charge in [-0.1, -0.05) is 0 Å². The molecule has 24 heavy (non-hydrogen) atoms. The molecule has 0 radical (unpaired) electrons. The van der Waals surface area contributed by atoms with Gasteiger partial charge in [0.2, 0.25) is 0 Å². The van der Waals surface area contributed by atoms with Gasteiger partial charge in [-0.15, -0.1) is 11.3 Å². The van der Waals surface area contributed by atoms with E-state index in [1.165, 1.54) is 28.2 Å². The molecule has 3 aliphatic rings. The van der Waals surface area contributed by atoms with Gasteiger partial charge in [-0.25, -0.2) is 9.69 Å². The maximum absolute atomic E-state index is 12.5. The second-order valence-corrected chi connectivity index (χ2v) is 8.22. The molecule has 7 heteroatoms. The van der Waals surface area contributed by atoms with Crippen molar-refractivity contribution in [1.82, 2.24) is 9.80 Å². The summed E-state index contributed by atoms with van der Waals surface area (Å²) in [4.78, 5) is 41.8. The maximum atomic E-state index is 12.5. The summed E-state index contributed by atoms with van der Waals surface area (Å²) < 4.78 is 0. The Balaban J connectivity index is 1.58. The van der Waals surface area contributed by atoms with E-state index in [4.69, 9.17) is 0 Å². The fraction of sp³-hybridized carbons (Fsp3) is 0.588. The lowest BCUT2D eigenvalue weighted by Crippen LogP contribution is -3.15. The quantitative estimate of drug-likeness (QED) is 0.647. The lowest BCUT2D eigenvalue weighted by Gasteiger charge is -2.34. The summed E-state index contributed by atoms with van der Waals surface area (Å²) in [6.45, 7) is 4.71. The number of hydrogen-bond acceptors (Lipinski definition) is 4. The first kappa shape index (κ1) is 15.8. The molecule has 2 fully saturated rings. The van der Waals surface area contributed by atoms with Crippen molar-refractivity contribution in [3.8, 4) is 0 Å². The van der Waals surface area contributed by atoms with Crippen molar-refractivity contribution in [2.24, 2.45) is 5.92 Å². The highest BCUT2D eigenvalue weighted by Crippen LogP contribution is 2.42. The maximum Gasteiger partial charge on any atom is 0.338 e. The van der Waals surface area contributed by atoms with Gasteiger partial charge in [-0.2, -0.15) is 0 Å². The number of imide groups is 2. The smallest absolute Gasteiger partial charge is 0.311 e. The number of nitrogens with one attached hydrogen (secondary N) is 1. The molecule has 1 N–H and O–H groups in total. The van der Waals surface area contributed by atoms with E-state index in [0.29, 0.717) is 18.6 Å². The van der Waals surface area contributed by atoms with Crippen molar-refractivity contribution in [2.45, 2.75) is 45.2 Å². The summed E-state index contributed by atoms with van der Waals surface area (Å²) in [7, 11) is 0. The zero-order valence-corrected chi connectivity index (χ0v) is 14.8. The van der Waals surface area contributed by atoms with Crippen LogP contribution in [0.4, 0.5) is 4.79 Å². The number of nitrogens with zero attached hydrogens (tertiary/aromatic N) is 2. The Labute approximate surface area is 145 Å². The standard InChI is InChI=1S/C17H21N3O3S/c1-10(2)20-16(22)15(21)19(17(20)23)9-18-7-5-13-12(6-8-24-13)14(18)11-3-4-11/h6,8,10-11,14H,3-5,7,9H2,1-2H3/p+1/t14-/m0/s1. The highest BCUT2D eigenvalue weighted by Gasteiger charge is 2.50. The van der Waals surface area contributed by atoms with Gasteiger partial charge in [0.1, 0.15) is 6.04 Å². The van der Waals surface area contributed by atoms with Crippen molar-refractivity contribution >= 4 is 29.2 Å². The van der Waals surface area contributed by atoms with Crippen LogP contribution in [0, 0.1) is 5.92 Å². The highest BCUT2D eigenvalue weighted by atomic mass is 32.1. The van der Waals surface area contributed by atoms with Gasteiger partial charge in [-0.05, 0) is 38.1 Å². The van der Waals surface area contributed by atoms with Gasteiger partial charge in [0, 0.05) is 28.8 Å². The van der Waals surface area contributed by atoms with E-state index in [9.17, 15) is 14.4 Å². The number of urea groups is 1. The Morgan fingerprint density at radius 3 is 2.62 bits per heavy atom. The van der Waals surface area contributed by atoms with Crippen LogP contribution >= 0.6 is 11.3 Å². The lowest BCUT2D eigenvalue weighted by molar-refractivity contribution is -0.943. The van der Waals surface area contributed by atoms with E-state index in [1.807, 2.05) is 0 Å². The van der Waals surface area contributed by atoms with Crippen LogP contribution in [0.1, 0.15) is 43.2 Å². The zero-order valence-electron chi connectivity index (χ0n) is 13.9. The number of rotatable bonds is 4. The molecule has 2 aliphatic heterocycles. The van der Waals surface area contributed by atoms with Gasteiger partial charge in [-0.3, -0.25) is 14.5 Å². The van der Waals surface area contributed by atoms with E-state index < -0.39 is 17.8 Å². The van der Waals surface area contributed by atoms with Crippen LogP contribution in [0.2, 0.25) is 0 Å². The number of carbonyl (C=O) groups is 3. The molecule has 4 amide bonds. The molecule has 0 bridgehead atoms. The van der Waals surface area contributed by atoms with Gasteiger partial charge in [0.15, 0.2) is 6.67 Å². The van der Waals surface area contributed by atoms with Crippen LogP contribution in [0.25, 0.3) is 0 Å². The molecule has 1 unspecified atom stereocenters. The number of carbonyl (C=O) groups excluding carboxylic acids is 3. The van der Waals surface area contributed by atoms with Crippen LogP contribution in [-0.2, 0) is 16.0 Å². The second kappa shape index (κ2) is 5.67. The molecule has 1 aromatic rings. The minimum absolute atomic E-state index is 0.294. The minimum Gasteiger partial charge on any atom is -0.311 e. The molecule has 1 aromatic heterocycles. The topological polar surface area (TPSA) is 62.1 Å². The number of amides is 4. The third-order valence-electron chi connectivity index (χ3n) is 5.28. The first-order chi connectivity index (χ1) is 11.5. The predicted molar refractivity (Wildman–Crippen MR) is 88.4 cm³/mol. The number of thiophene rings is 1. The van der Waals surface area contributed by atoms with Crippen molar-refractivity contribution in [1.29, 1.82) is 0 Å². The molecule has 0 aromatic carbocycles. The lowest BCUT2D eigenvalue weighted by atomic mass is 9.96. The van der Waals surface area contributed by atoms with Crippen LogP contribution in [0.5, 0.6) is 0 Å². The molecule has 1 saturated heterocycles. The molecule has 4 rings (SSSR count). The molecule has 128 valence electrons. The first-order valence-corrected chi connectivity index (χ1v) is 9.47. The van der Waals surface area contributed by atoms with E-state index in [0.717, 1.165) is 22.8 Å². The van der Waals surface area contributed by atoms with Crippen LogP contribution < -0.4 is 4.90 Å². The third kappa shape index (κ3) is 2.38. The van der Waals surface area contributed by atoms with Crippen LogP contribution in [0.3, 0.4) is 0 Å². The largest absolute Gasteiger partial charge is 0.338 e. The van der Waals surface area contributed by atoms with Crippen LogP contribution in [-0.4, -0.2) is 46.9 Å². The molecule has 6 nitrogen and oxygen atoms in total. The van der Waals surface area contributed by atoms with Crippen molar-refractivity contribution < 1.29 is 19.3 Å². The average molecular weight is 348 g/mol. The predicted octanol–water partition coefficient (Wildman–Crippen LogP) is 0.797. The van der Waals surface area contributed by atoms with E-state index in [2.05, 4.69) is 11.4 Å². The van der Waals surface area contributed by atoms with Gasteiger partial charge < -0.3 is 4.90 Å². The highest BCUT2D eigenvalue weighted by molar-refractivity contribution is 7.10. The summed E-state index contributed by atoms with van der Waals surface area (Å²) >= 11 is 1.80. The Morgan fingerprint density at radius 2 is 2.00 bits per heavy atom. The Bertz CT molecular complexity index is 710. The van der Waals surface area contributed by atoms with E-state index in [-0.39, 0.29) is 6.04 Å². The molecular weight excluding hydrogens is 326 g/mol. The van der Waals surface area contributed by atoms with E-state index >= 15 is 0 Å². The Morgan fingerprint density at radius 1 is 1.25 bits per heavy atom. The van der Waals surface area contributed by atoms with Gasteiger partial charge in [0.05, 0.1) is 6.54 Å². The zero-order chi connectivity index (χ0) is 17.0. The monoisotopic (exact) mass is 348 g/mol. The summed E-state index contributed by atoms with van der Waals surface area (Å²) in [6, 6.07) is 1.79. The van der Waals surface area contributed by atoms with E-state index in [1.54, 1.807) is 25.2 Å². The first-order valence-electron chi connectivity index (χ1n) is 8.59. The molecule has 3 heterocycles. The summed E-state index contributed by atoms with van der Waals surface area (Å²) in [5.41, 5.74) is 1.38. The summed E-state index contributed by atoms with van der Waals surface area (Å²) in [5, 5.41) is 2.14. The number of quaternary nitrogens is 1. The summed E-state index contributed by atoms with van der Waals surface area (Å²) in [5.74, 6) is -0.726. The molecule has 2 atom stereocenters. The van der Waals surface area contributed by atoms with Gasteiger partial charge >= 0.3 is 17.8 Å². The van der Waals surface area contributed by atoms with Gasteiger partial charge in [0.25, 0.3) is 0 Å². The fourth-order valence-corrected chi connectivity index (χ4v) is 4.92. The molecule has 1 saturated carbocycles. The fourth-order valence-electron chi connectivity index (χ4n) is 3.99. The average Bonchev–Trinajstić information content (AvgIpc) is 3.22. The van der Waals surface area contributed by atoms with Crippen molar-refractivity contribution in [2.75, 3.05) is 13.2 Å². The Kier molecular flexibility index (Phi) is 3.73. The second-order valence-electron chi connectivity index (χ2n) is 7.22. The molecule has 0 spiro atoms. The summed E-state index contributed by atoms with van der Waals surface area (Å²) in [6.07, 6.45) is 3.40. The molecule has 1 aliphatic carbocycles. The number of fused-ring (bicyclic) bond motifs is 1. The molecular formula is C17H22N3O3S+. The third-order valence-corrected chi connectivity index (χ3v) is 6.28. The Hall–Kier alpha value is -1.73. The van der Waals surface area contributed by atoms with Crippen molar-refractivity contribution in [3.63, 3.8) is 0 Å². The normalized spacial score (nSPS) is 27.4. The minimum atomic E-state index is -0.689.